The highest BCUT2D eigenvalue weighted by molar-refractivity contribution is 5.22. The Kier molecular flexibility index (Phi) is 6.06. The van der Waals surface area contributed by atoms with E-state index in [2.05, 4.69) is 55.3 Å². The van der Waals surface area contributed by atoms with E-state index < -0.39 is 0 Å². The summed E-state index contributed by atoms with van der Waals surface area (Å²) in [5.74, 6) is 0. The predicted octanol–water partition coefficient (Wildman–Crippen LogP) is 3.95. The van der Waals surface area contributed by atoms with Crippen molar-refractivity contribution in [3.8, 4) is 0 Å². The van der Waals surface area contributed by atoms with Crippen LogP contribution in [0.5, 0.6) is 0 Å². The first-order valence-corrected chi connectivity index (χ1v) is 8.24. The second-order valence-corrected chi connectivity index (χ2v) is 6.38. The van der Waals surface area contributed by atoms with E-state index in [4.69, 9.17) is 0 Å². The van der Waals surface area contributed by atoms with Crippen molar-refractivity contribution in [1.82, 2.24) is 10.2 Å². The molecule has 0 aliphatic carbocycles. The normalized spacial score (nSPS) is 20.5. The average molecular weight is 274 g/mol. The molecule has 2 nitrogen and oxygen atoms in total. The minimum Gasteiger partial charge on any atom is -0.310 e. The molecule has 112 valence electrons. The molecule has 1 aromatic rings. The van der Waals surface area contributed by atoms with Crippen molar-refractivity contribution in [2.45, 2.75) is 71.6 Å². The van der Waals surface area contributed by atoms with Gasteiger partial charge in [0, 0.05) is 25.2 Å². The lowest BCUT2D eigenvalue weighted by Gasteiger charge is -2.35. The van der Waals surface area contributed by atoms with Crippen molar-refractivity contribution in [2.24, 2.45) is 0 Å². The van der Waals surface area contributed by atoms with Crippen LogP contribution in [0.15, 0.2) is 24.3 Å². The molecule has 1 N–H and O–H groups in total. The Morgan fingerprint density at radius 3 is 2.50 bits per heavy atom. The van der Waals surface area contributed by atoms with Crippen LogP contribution < -0.4 is 5.32 Å². The average Bonchev–Trinajstić information content (AvgIpc) is 2.47. The standard InChI is InChI=1S/C18H30N2/c1-4-18-7-5-6-12-20(18)14-17-10-8-16(9-11-17)13-19-15(2)3/h8-11,15,18-19H,4-7,12-14H2,1-3H3. The molecule has 1 saturated heterocycles. The Morgan fingerprint density at radius 1 is 1.15 bits per heavy atom. The Morgan fingerprint density at radius 2 is 1.85 bits per heavy atom. The first-order valence-electron chi connectivity index (χ1n) is 8.24. The number of piperidine rings is 1. The molecule has 1 fully saturated rings. The van der Waals surface area contributed by atoms with Crippen molar-refractivity contribution >= 4 is 0 Å². The van der Waals surface area contributed by atoms with Gasteiger partial charge in [0.15, 0.2) is 0 Å². The van der Waals surface area contributed by atoms with Crippen LogP contribution in [0.3, 0.4) is 0 Å². The van der Waals surface area contributed by atoms with Gasteiger partial charge in [-0.2, -0.15) is 0 Å². The van der Waals surface area contributed by atoms with Gasteiger partial charge in [0.05, 0.1) is 0 Å². The van der Waals surface area contributed by atoms with Gasteiger partial charge in [0.2, 0.25) is 0 Å². The van der Waals surface area contributed by atoms with E-state index in [1.54, 1.807) is 0 Å². The Labute approximate surface area is 124 Å². The predicted molar refractivity (Wildman–Crippen MR) is 86.8 cm³/mol. The van der Waals surface area contributed by atoms with E-state index in [0.717, 1.165) is 19.1 Å². The van der Waals surface area contributed by atoms with Crippen LogP contribution in [0.1, 0.15) is 57.6 Å². The molecule has 0 bridgehead atoms. The molecule has 1 unspecified atom stereocenters. The maximum Gasteiger partial charge on any atom is 0.0236 e. The van der Waals surface area contributed by atoms with Crippen molar-refractivity contribution in [3.05, 3.63) is 35.4 Å². The summed E-state index contributed by atoms with van der Waals surface area (Å²) >= 11 is 0. The lowest BCUT2D eigenvalue weighted by atomic mass is 9.99. The number of rotatable bonds is 6. The highest BCUT2D eigenvalue weighted by atomic mass is 15.2. The van der Waals surface area contributed by atoms with Crippen molar-refractivity contribution < 1.29 is 0 Å². The number of benzene rings is 1. The molecule has 1 heterocycles. The maximum atomic E-state index is 3.47. The van der Waals surface area contributed by atoms with Crippen LogP contribution in [0.2, 0.25) is 0 Å². The van der Waals surface area contributed by atoms with Crippen molar-refractivity contribution in [1.29, 1.82) is 0 Å². The van der Waals surface area contributed by atoms with Crippen LogP contribution in [0.25, 0.3) is 0 Å². The lowest BCUT2D eigenvalue weighted by molar-refractivity contribution is 0.136. The fourth-order valence-electron chi connectivity index (χ4n) is 3.05. The molecule has 1 aliphatic heterocycles. The molecule has 20 heavy (non-hydrogen) atoms. The van der Waals surface area contributed by atoms with E-state index in [1.807, 2.05) is 0 Å². The molecule has 2 heteroatoms. The monoisotopic (exact) mass is 274 g/mol. The summed E-state index contributed by atoms with van der Waals surface area (Å²) in [4.78, 5) is 2.67. The first kappa shape index (κ1) is 15.5. The van der Waals surface area contributed by atoms with E-state index in [1.165, 1.54) is 43.4 Å². The molecule has 1 aromatic carbocycles. The minimum absolute atomic E-state index is 0.549. The number of nitrogens with zero attached hydrogens (tertiary/aromatic N) is 1. The fraction of sp³-hybridized carbons (Fsp3) is 0.667. The van der Waals surface area contributed by atoms with Crippen molar-refractivity contribution in [2.75, 3.05) is 6.54 Å². The van der Waals surface area contributed by atoms with Crippen LogP contribution in [0, 0.1) is 0 Å². The SMILES string of the molecule is CCC1CCCCN1Cc1ccc(CNC(C)C)cc1. The Balaban J connectivity index is 1.89. The molecule has 1 aliphatic rings. The second kappa shape index (κ2) is 7.80. The van der Waals surface area contributed by atoms with Crippen LogP contribution in [-0.4, -0.2) is 23.5 Å². The van der Waals surface area contributed by atoms with E-state index in [0.29, 0.717) is 6.04 Å². The minimum atomic E-state index is 0.549. The lowest BCUT2D eigenvalue weighted by Crippen LogP contribution is -2.38. The summed E-state index contributed by atoms with van der Waals surface area (Å²) < 4.78 is 0. The second-order valence-electron chi connectivity index (χ2n) is 6.38. The highest BCUT2D eigenvalue weighted by Crippen LogP contribution is 2.21. The summed E-state index contributed by atoms with van der Waals surface area (Å²) in [6.45, 7) is 10.1. The molecule has 0 aromatic heterocycles. The maximum absolute atomic E-state index is 3.47. The quantitative estimate of drug-likeness (QED) is 0.845. The number of likely N-dealkylation sites (tertiary alicyclic amines) is 1. The summed E-state index contributed by atoms with van der Waals surface area (Å²) in [6, 6.07) is 10.5. The molecule has 0 amide bonds. The van der Waals surface area contributed by atoms with E-state index >= 15 is 0 Å². The van der Waals surface area contributed by atoms with Gasteiger partial charge in [-0.15, -0.1) is 0 Å². The van der Waals surface area contributed by atoms with Crippen LogP contribution >= 0.6 is 0 Å². The fourth-order valence-corrected chi connectivity index (χ4v) is 3.05. The first-order chi connectivity index (χ1) is 9.69. The molecule has 0 radical (unpaired) electrons. The molecule has 0 spiro atoms. The van der Waals surface area contributed by atoms with Crippen LogP contribution in [-0.2, 0) is 13.1 Å². The molecule has 1 atom stereocenters. The molecular formula is C18H30N2. The smallest absolute Gasteiger partial charge is 0.0236 e. The number of hydrogen-bond donors (Lipinski definition) is 1. The Hall–Kier alpha value is -0.860. The number of nitrogens with one attached hydrogen (secondary N) is 1. The zero-order valence-electron chi connectivity index (χ0n) is 13.4. The third-order valence-electron chi connectivity index (χ3n) is 4.34. The van der Waals surface area contributed by atoms with Gasteiger partial charge in [0.1, 0.15) is 0 Å². The van der Waals surface area contributed by atoms with Gasteiger partial charge in [0.25, 0.3) is 0 Å². The van der Waals surface area contributed by atoms with Crippen molar-refractivity contribution in [3.63, 3.8) is 0 Å². The van der Waals surface area contributed by atoms with Gasteiger partial charge < -0.3 is 5.32 Å². The highest BCUT2D eigenvalue weighted by Gasteiger charge is 2.20. The zero-order chi connectivity index (χ0) is 14.4. The zero-order valence-corrected chi connectivity index (χ0v) is 13.4. The van der Waals surface area contributed by atoms with Gasteiger partial charge in [-0.3, -0.25) is 4.90 Å². The molecule has 2 rings (SSSR count). The van der Waals surface area contributed by atoms with E-state index in [9.17, 15) is 0 Å². The van der Waals surface area contributed by atoms with Crippen LogP contribution in [0.4, 0.5) is 0 Å². The van der Waals surface area contributed by atoms with Gasteiger partial charge >= 0.3 is 0 Å². The summed E-state index contributed by atoms with van der Waals surface area (Å²) in [5, 5.41) is 3.47. The summed E-state index contributed by atoms with van der Waals surface area (Å²) in [6.07, 6.45) is 5.45. The number of hydrogen-bond acceptors (Lipinski definition) is 2. The summed E-state index contributed by atoms with van der Waals surface area (Å²) in [5.41, 5.74) is 2.84. The van der Waals surface area contributed by atoms with Gasteiger partial charge in [-0.25, -0.2) is 0 Å². The molecule has 0 saturated carbocycles. The Bertz CT molecular complexity index is 383. The van der Waals surface area contributed by atoms with Gasteiger partial charge in [-0.05, 0) is 36.9 Å². The van der Waals surface area contributed by atoms with E-state index in [-0.39, 0.29) is 0 Å². The summed E-state index contributed by atoms with van der Waals surface area (Å²) in [7, 11) is 0. The largest absolute Gasteiger partial charge is 0.310 e. The third-order valence-corrected chi connectivity index (χ3v) is 4.34. The third kappa shape index (κ3) is 4.60. The topological polar surface area (TPSA) is 15.3 Å². The van der Waals surface area contributed by atoms with Gasteiger partial charge in [-0.1, -0.05) is 51.5 Å². The molecular weight excluding hydrogens is 244 g/mol.